The summed E-state index contributed by atoms with van der Waals surface area (Å²) in [5.74, 6) is -0.753. The summed E-state index contributed by atoms with van der Waals surface area (Å²) in [6.45, 7) is 7.95. The molecule has 1 aromatic carbocycles. The minimum Gasteiger partial charge on any atom is -0.494 e. The Morgan fingerprint density at radius 1 is 1.24 bits per heavy atom. The summed E-state index contributed by atoms with van der Waals surface area (Å²) in [5.41, 5.74) is -0.152. The molecule has 0 bridgehead atoms. The van der Waals surface area contributed by atoms with Crippen molar-refractivity contribution in [2.75, 3.05) is 6.61 Å². The first-order valence-electron chi connectivity index (χ1n) is 7.02. The van der Waals surface area contributed by atoms with E-state index in [1.165, 1.54) is 0 Å². The van der Waals surface area contributed by atoms with Crippen LogP contribution in [-0.4, -0.2) is 29.6 Å². The Morgan fingerprint density at radius 3 is 2.24 bits per heavy atom. The molecule has 1 atom stereocenters. The van der Waals surface area contributed by atoms with E-state index in [0.29, 0.717) is 17.9 Å². The summed E-state index contributed by atoms with van der Waals surface area (Å²) >= 11 is 0. The van der Waals surface area contributed by atoms with Crippen molar-refractivity contribution in [3.63, 3.8) is 0 Å². The van der Waals surface area contributed by atoms with E-state index >= 15 is 0 Å². The lowest BCUT2D eigenvalue weighted by molar-refractivity contribution is -0.142. The smallest absolute Gasteiger partial charge is 0.326 e. The van der Waals surface area contributed by atoms with Crippen molar-refractivity contribution in [2.24, 2.45) is 5.41 Å². The zero-order chi connectivity index (χ0) is 16.0. The van der Waals surface area contributed by atoms with Crippen molar-refractivity contribution in [1.82, 2.24) is 5.32 Å². The van der Waals surface area contributed by atoms with E-state index in [1.807, 2.05) is 6.92 Å². The Kier molecular flexibility index (Phi) is 5.76. The number of carboxylic acids is 1. The number of rotatable bonds is 6. The van der Waals surface area contributed by atoms with Crippen LogP contribution in [0.25, 0.3) is 0 Å². The van der Waals surface area contributed by atoms with Crippen molar-refractivity contribution in [2.45, 2.75) is 40.2 Å². The van der Waals surface area contributed by atoms with Crippen LogP contribution in [0.1, 0.15) is 44.5 Å². The predicted octanol–water partition coefficient (Wildman–Crippen LogP) is 2.70. The number of carbonyl (C=O) groups is 2. The third-order valence-electron chi connectivity index (χ3n) is 2.98. The zero-order valence-electron chi connectivity index (χ0n) is 13.0. The van der Waals surface area contributed by atoms with Gasteiger partial charge in [0.25, 0.3) is 5.91 Å². The van der Waals surface area contributed by atoms with Crippen LogP contribution in [0.4, 0.5) is 0 Å². The van der Waals surface area contributed by atoms with Crippen molar-refractivity contribution in [3.05, 3.63) is 29.8 Å². The molecule has 0 heterocycles. The second-order valence-corrected chi connectivity index (χ2v) is 5.98. The standard InChI is InChI=1S/C16H23NO4/c1-5-10-21-12-8-6-11(7-9-12)14(18)17-13(15(19)20)16(2,3)4/h6-9,13H,5,10H2,1-4H3,(H,17,18)(H,19,20)/t13-/m1/s1. The summed E-state index contributed by atoms with van der Waals surface area (Å²) in [7, 11) is 0. The molecular weight excluding hydrogens is 270 g/mol. The molecule has 1 aromatic rings. The summed E-state index contributed by atoms with van der Waals surface area (Å²) in [5, 5.41) is 11.8. The van der Waals surface area contributed by atoms with E-state index in [2.05, 4.69) is 5.32 Å². The summed E-state index contributed by atoms with van der Waals surface area (Å²) in [6, 6.07) is 5.72. The Labute approximate surface area is 125 Å². The van der Waals surface area contributed by atoms with E-state index in [1.54, 1.807) is 45.0 Å². The SMILES string of the molecule is CCCOc1ccc(C(=O)N[C@H](C(=O)O)C(C)(C)C)cc1. The number of amides is 1. The van der Waals surface area contributed by atoms with Crippen molar-refractivity contribution in [1.29, 1.82) is 0 Å². The van der Waals surface area contributed by atoms with Crippen LogP contribution < -0.4 is 10.1 Å². The highest BCUT2D eigenvalue weighted by Gasteiger charge is 2.32. The van der Waals surface area contributed by atoms with Crippen molar-refractivity contribution < 1.29 is 19.4 Å². The highest BCUT2D eigenvalue weighted by Crippen LogP contribution is 2.20. The van der Waals surface area contributed by atoms with Crippen LogP contribution in [0.5, 0.6) is 5.75 Å². The second kappa shape index (κ2) is 7.11. The van der Waals surface area contributed by atoms with E-state index in [9.17, 15) is 14.7 Å². The lowest BCUT2D eigenvalue weighted by Gasteiger charge is -2.27. The molecule has 0 aliphatic heterocycles. The van der Waals surface area contributed by atoms with Crippen molar-refractivity contribution >= 4 is 11.9 Å². The molecule has 116 valence electrons. The fourth-order valence-electron chi connectivity index (χ4n) is 1.79. The third-order valence-corrected chi connectivity index (χ3v) is 2.98. The number of carbonyl (C=O) groups excluding carboxylic acids is 1. The van der Waals surface area contributed by atoms with Gasteiger partial charge in [-0.1, -0.05) is 27.7 Å². The van der Waals surface area contributed by atoms with E-state index in [4.69, 9.17) is 4.74 Å². The molecule has 0 aliphatic carbocycles. The van der Waals surface area contributed by atoms with Gasteiger partial charge in [0.05, 0.1) is 6.61 Å². The third kappa shape index (κ3) is 5.10. The Hall–Kier alpha value is -2.04. The molecule has 0 saturated carbocycles. The molecule has 0 fully saturated rings. The highest BCUT2D eigenvalue weighted by atomic mass is 16.5. The minimum absolute atomic E-state index is 0.403. The molecule has 1 amide bonds. The number of carboxylic acid groups (broad SMARTS) is 1. The van der Waals surface area contributed by atoms with Gasteiger partial charge in [-0.05, 0) is 36.1 Å². The summed E-state index contributed by atoms with van der Waals surface area (Å²) in [6.07, 6.45) is 0.911. The number of hydrogen-bond donors (Lipinski definition) is 2. The largest absolute Gasteiger partial charge is 0.494 e. The number of nitrogens with one attached hydrogen (secondary N) is 1. The van der Waals surface area contributed by atoms with Crippen LogP contribution in [0.2, 0.25) is 0 Å². The Morgan fingerprint density at radius 2 is 1.81 bits per heavy atom. The molecule has 0 spiro atoms. The minimum atomic E-state index is -1.04. The maximum atomic E-state index is 12.1. The van der Waals surface area contributed by atoms with Crippen molar-refractivity contribution in [3.8, 4) is 5.75 Å². The second-order valence-electron chi connectivity index (χ2n) is 5.98. The lowest BCUT2D eigenvalue weighted by Crippen LogP contribution is -2.49. The van der Waals surface area contributed by atoms with Gasteiger partial charge in [-0.15, -0.1) is 0 Å². The van der Waals surface area contributed by atoms with Gasteiger partial charge in [-0.3, -0.25) is 4.79 Å². The number of ether oxygens (including phenoxy) is 1. The van der Waals surface area contributed by atoms with Crippen LogP contribution in [0.15, 0.2) is 24.3 Å². The van der Waals surface area contributed by atoms with E-state index in [-0.39, 0.29) is 0 Å². The zero-order valence-corrected chi connectivity index (χ0v) is 13.0. The first-order chi connectivity index (χ1) is 9.75. The van der Waals surface area contributed by atoms with Gasteiger partial charge < -0.3 is 15.2 Å². The summed E-state index contributed by atoms with van der Waals surface area (Å²) in [4.78, 5) is 23.4. The quantitative estimate of drug-likeness (QED) is 0.845. The van der Waals surface area contributed by atoms with Crippen LogP contribution in [0.3, 0.4) is 0 Å². The Bertz CT molecular complexity index is 488. The average molecular weight is 293 g/mol. The van der Waals surface area contributed by atoms with Crippen LogP contribution >= 0.6 is 0 Å². The molecule has 0 unspecified atom stereocenters. The average Bonchev–Trinajstić information content (AvgIpc) is 2.41. The fraction of sp³-hybridized carbons (Fsp3) is 0.500. The molecule has 2 N–H and O–H groups in total. The Balaban J connectivity index is 2.77. The number of aliphatic carboxylic acids is 1. The molecule has 5 heteroatoms. The molecule has 5 nitrogen and oxygen atoms in total. The fourth-order valence-corrected chi connectivity index (χ4v) is 1.79. The van der Waals surface area contributed by atoms with Crippen LogP contribution in [0, 0.1) is 5.41 Å². The van der Waals surface area contributed by atoms with Gasteiger partial charge >= 0.3 is 5.97 Å². The molecule has 0 radical (unpaired) electrons. The predicted molar refractivity (Wildman–Crippen MR) is 80.6 cm³/mol. The van der Waals surface area contributed by atoms with Gasteiger partial charge in [0.2, 0.25) is 0 Å². The molecule has 0 saturated heterocycles. The number of benzene rings is 1. The summed E-state index contributed by atoms with van der Waals surface area (Å²) < 4.78 is 5.44. The van der Waals surface area contributed by atoms with Gasteiger partial charge in [-0.25, -0.2) is 4.79 Å². The van der Waals surface area contributed by atoms with Gasteiger partial charge in [-0.2, -0.15) is 0 Å². The molecule has 0 aromatic heterocycles. The van der Waals surface area contributed by atoms with Gasteiger partial charge in [0, 0.05) is 5.56 Å². The highest BCUT2D eigenvalue weighted by molar-refractivity contribution is 5.96. The molecule has 1 rings (SSSR count). The molecule has 0 aliphatic rings. The van der Waals surface area contributed by atoms with Gasteiger partial charge in [0.1, 0.15) is 11.8 Å². The lowest BCUT2D eigenvalue weighted by atomic mass is 9.86. The maximum Gasteiger partial charge on any atom is 0.326 e. The maximum absolute atomic E-state index is 12.1. The number of hydrogen-bond acceptors (Lipinski definition) is 3. The molecule has 21 heavy (non-hydrogen) atoms. The van der Waals surface area contributed by atoms with E-state index < -0.39 is 23.3 Å². The van der Waals surface area contributed by atoms with Gasteiger partial charge in [0.15, 0.2) is 0 Å². The monoisotopic (exact) mass is 293 g/mol. The molecular formula is C16H23NO4. The normalized spacial score (nSPS) is 12.6. The van der Waals surface area contributed by atoms with Crippen LogP contribution in [-0.2, 0) is 4.79 Å². The topological polar surface area (TPSA) is 75.6 Å². The first kappa shape index (κ1) is 17.0. The van der Waals surface area contributed by atoms with E-state index in [0.717, 1.165) is 6.42 Å². The first-order valence-corrected chi connectivity index (χ1v) is 7.02.